The van der Waals surface area contributed by atoms with Crippen LogP contribution in [-0.4, -0.2) is 36.9 Å². The maximum Gasteiger partial charge on any atom is 0.246 e. The molecule has 1 fully saturated rings. The van der Waals surface area contributed by atoms with Crippen LogP contribution in [0.1, 0.15) is 18.2 Å². The van der Waals surface area contributed by atoms with E-state index in [9.17, 15) is 13.2 Å². The minimum atomic E-state index is -3.77. The van der Waals surface area contributed by atoms with Crippen LogP contribution in [0.3, 0.4) is 0 Å². The molecule has 1 aliphatic heterocycles. The standard InChI is InChI=1S/C15H15ClN4O3S2/c1-10(12-2-3-13(16)24-12)9-25(22,23)19-11-4-7-20(15(11)21)14-8-17-5-6-18-14/h2-3,5-6,8-9,11,19H,4,7H2,1H3/b10-9-/t11-/m0/s1. The highest BCUT2D eigenvalue weighted by atomic mass is 35.5. The van der Waals surface area contributed by atoms with Crippen molar-refractivity contribution < 1.29 is 13.2 Å². The Morgan fingerprint density at radius 1 is 1.44 bits per heavy atom. The molecule has 7 nitrogen and oxygen atoms in total. The van der Waals surface area contributed by atoms with Crippen molar-refractivity contribution in [1.82, 2.24) is 14.7 Å². The molecule has 0 aliphatic carbocycles. The second-order valence-electron chi connectivity index (χ2n) is 5.46. The molecule has 25 heavy (non-hydrogen) atoms. The Morgan fingerprint density at radius 2 is 2.24 bits per heavy atom. The van der Waals surface area contributed by atoms with Crippen LogP contribution in [0.2, 0.25) is 4.34 Å². The summed E-state index contributed by atoms with van der Waals surface area (Å²) >= 11 is 7.16. The fourth-order valence-electron chi connectivity index (χ4n) is 2.50. The number of amides is 1. The molecule has 0 saturated carbocycles. The van der Waals surface area contributed by atoms with E-state index in [1.807, 2.05) is 0 Å². The number of thiophene rings is 1. The summed E-state index contributed by atoms with van der Waals surface area (Å²) in [6, 6.07) is 2.64. The molecule has 1 N–H and O–H groups in total. The monoisotopic (exact) mass is 398 g/mol. The fourth-order valence-corrected chi connectivity index (χ4v) is 4.86. The first-order chi connectivity index (χ1) is 11.9. The van der Waals surface area contributed by atoms with Gasteiger partial charge in [-0.15, -0.1) is 11.3 Å². The van der Waals surface area contributed by atoms with Crippen LogP contribution in [-0.2, 0) is 14.8 Å². The Bertz CT molecular complexity index is 912. The normalized spacial score (nSPS) is 18.8. The number of carbonyl (C=O) groups excluding carboxylic acids is 1. The molecule has 0 unspecified atom stereocenters. The summed E-state index contributed by atoms with van der Waals surface area (Å²) in [6.07, 6.45) is 4.83. The van der Waals surface area contributed by atoms with Crippen molar-refractivity contribution in [3.63, 3.8) is 0 Å². The van der Waals surface area contributed by atoms with Gasteiger partial charge in [-0.1, -0.05) is 11.6 Å². The van der Waals surface area contributed by atoms with Crippen LogP contribution in [0.25, 0.3) is 5.57 Å². The Hall–Kier alpha value is -1.81. The number of rotatable bonds is 5. The third-order valence-corrected chi connectivity index (χ3v) is 6.28. The minimum Gasteiger partial charge on any atom is -0.294 e. The van der Waals surface area contributed by atoms with Gasteiger partial charge >= 0.3 is 0 Å². The van der Waals surface area contributed by atoms with E-state index in [0.717, 1.165) is 10.3 Å². The van der Waals surface area contributed by atoms with E-state index in [1.165, 1.54) is 34.8 Å². The van der Waals surface area contributed by atoms with Gasteiger partial charge in [-0.3, -0.25) is 14.7 Å². The van der Waals surface area contributed by atoms with Gasteiger partial charge < -0.3 is 0 Å². The Kier molecular flexibility index (Phi) is 5.19. The number of hydrogen-bond acceptors (Lipinski definition) is 6. The lowest BCUT2D eigenvalue weighted by Crippen LogP contribution is -2.41. The van der Waals surface area contributed by atoms with Gasteiger partial charge in [-0.25, -0.2) is 13.4 Å². The van der Waals surface area contributed by atoms with Crippen molar-refractivity contribution in [2.75, 3.05) is 11.4 Å². The zero-order chi connectivity index (χ0) is 18.0. The van der Waals surface area contributed by atoms with Crippen molar-refractivity contribution in [1.29, 1.82) is 0 Å². The molecule has 2 aromatic rings. The number of aromatic nitrogens is 2. The summed E-state index contributed by atoms with van der Waals surface area (Å²) in [5.41, 5.74) is 0.556. The molecule has 1 amide bonds. The molecular weight excluding hydrogens is 384 g/mol. The number of allylic oxidation sites excluding steroid dienone is 1. The van der Waals surface area contributed by atoms with Crippen molar-refractivity contribution in [2.24, 2.45) is 0 Å². The molecule has 10 heteroatoms. The molecule has 1 saturated heterocycles. The molecule has 0 radical (unpaired) electrons. The lowest BCUT2D eigenvalue weighted by atomic mass is 10.3. The maximum atomic E-state index is 12.4. The number of anilines is 1. The van der Waals surface area contributed by atoms with Gasteiger partial charge in [0.25, 0.3) is 0 Å². The average Bonchev–Trinajstić information content (AvgIpc) is 3.14. The SMILES string of the molecule is C/C(=C/S(=O)(=O)N[C@H]1CCN(c2cnccn2)C1=O)c1ccc(Cl)s1. The van der Waals surface area contributed by atoms with Gasteiger partial charge in [0, 0.05) is 23.8 Å². The third kappa shape index (κ3) is 4.24. The molecule has 2 aromatic heterocycles. The third-order valence-electron chi connectivity index (χ3n) is 3.63. The summed E-state index contributed by atoms with van der Waals surface area (Å²) in [6.45, 7) is 2.07. The zero-order valence-corrected chi connectivity index (χ0v) is 15.6. The molecular formula is C15H15ClN4O3S2. The zero-order valence-electron chi connectivity index (χ0n) is 13.2. The summed E-state index contributed by atoms with van der Waals surface area (Å²) in [4.78, 5) is 22.6. The predicted molar refractivity (Wildman–Crippen MR) is 97.8 cm³/mol. The first-order valence-corrected chi connectivity index (χ1v) is 10.1. The Morgan fingerprint density at radius 3 is 2.88 bits per heavy atom. The Labute approximate surface area is 154 Å². The summed E-state index contributed by atoms with van der Waals surface area (Å²) in [5, 5.41) is 1.12. The molecule has 3 rings (SSSR count). The number of nitrogens with zero attached hydrogens (tertiary/aromatic N) is 3. The van der Waals surface area contributed by atoms with Crippen LogP contribution in [0.4, 0.5) is 5.82 Å². The average molecular weight is 399 g/mol. The lowest BCUT2D eigenvalue weighted by Gasteiger charge is -2.15. The number of halogens is 1. The van der Waals surface area contributed by atoms with Crippen LogP contribution in [0.5, 0.6) is 0 Å². The maximum absolute atomic E-state index is 12.4. The molecule has 1 atom stereocenters. The van der Waals surface area contributed by atoms with Gasteiger partial charge in [-0.05, 0) is 31.1 Å². The summed E-state index contributed by atoms with van der Waals surface area (Å²) in [7, 11) is -3.77. The van der Waals surface area contributed by atoms with E-state index < -0.39 is 16.1 Å². The van der Waals surface area contributed by atoms with Crippen LogP contribution in [0, 0.1) is 0 Å². The van der Waals surface area contributed by atoms with Crippen molar-refractivity contribution in [2.45, 2.75) is 19.4 Å². The predicted octanol–water partition coefficient (Wildman–Crippen LogP) is 2.28. The summed E-state index contributed by atoms with van der Waals surface area (Å²) in [5.74, 6) is 0.0726. The van der Waals surface area contributed by atoms with E-state index >= 15 is 0 Å². The van der Waals surface area contributed by atoms with E-state index in [1.54, 1.807) is 19.1 Å². The molecule has 0 aromatic carbocycles. The van der Waals surface area contributed by atoms with Crippen molar-refractivity contribution in [3.05, 3.63) is 45.3 Å². The highest BCUT2D eigenvalue weighted by Crippen LogP contribution is 2.28. The van der Waals surface area contributed by atoms with E-state index in [4.69, 9.17) is 11.6 Å². The fraction of sp³-hybridized carbons (Fsp3) is 0.267. The van der Waals surface area contributed by atoms with Gasteiger partial charge in [0.2, 0.25) is 15.9 Å². The quantitative estimate of drug-likeness (QED) is 0.834. The van der Waals surface area contributed by atoms with Crippen molar-refractivity contribution in [3.8, 4) is 0 Å². The first-order valence-electron chi connectivity index (χ1n) is 7.39. The second kappa shape index (κ2) is 7.20. The first kappa shape index (κ1) is 18.0. The molecule has 1 aliphatic rings. The smallest absolute Gasteiger partial charge is 0.246 e. The van der Waals surface area contributed by atoms with E-state index in [0.29, 0.717) is 28.7 Å². The van der Waals surface area contributed by atoms with Gasteiger partial charge in [0.15, 0.2) is 5.82 Å². The topological polar surface area (TPSA) is 92.3 Å². The van der Waals surface area contributed by atoms with Gasteiger partial charge in [0.1, 0.15) is 6.04 Å². The highest BCUT2D eigenvalue weighted by molar-refractivity contribution is 7.92. The largest absolute Gasteiger partial charge is 0.294 e. The van der Waals surface area contributed by atoms with Crippen LogP contribution >= 0.6 is 22.9 Å². The van der Waals surface area contributed by atoms with E-state index in [-0.39, 0.29) is 5.91 Å². The molecule has 0 bridgehead atoms. The second-order valence-corrected chi connectivity index (χ2v) is 8.74. The summed E-state index contributed by atoms with van der Waals surface area (Å²) < 4.78 is 27.7. The molecule has 3 heterocycles. The Balaban J connectivity index is 1.72. The van der Waals surface area contributed by atoms with Crippen LogP contribution in [0.15, 0.2) is 36.1 Å². The molecule has 0 spiro atoms. The molecule has 132 valence electrons. The van der Waals surface area contributed by atoms with E-state index in [2.05, 4.69) is 14.7 Å². The number of sulfonamides is 1. The number of hydrogen-bond donors (Lipinski definition) is 1. The lowest BCUT2D eigenvalue weighted by molar-refractivity contribution is -0.118. The number of carbonyl (C=O) groups is 1. The highest BCUT2D eigenvalue weighted by Gasteiger charge is 2.35. The van der Waals surface area contributed by atoms with Gasteiger partial charge in [-0.2, -0.15) is 4.72 Å². The van der Waals surface area contributed by atoms with Crippen molar-refractivity contribution >= 4 is 50.3 Å². The van der Waals surface area contributed by atoms with Crippen LogP contribution < -0.4 is 9.62 Å². The minimum absolute atomic E-state index is 0.339. The van der Waals surface area contributed by atoms with Gasteiger partial charge in [0.05, 0.1) is 15.9 Å². The number of nitrogens with one attached hydrogen (secondary N) is 1.